The molecule has 4 heteroatoms. The van der Waals surface area contributed by atoms with Gasteiger partial charge in [0.15, 0.2) is 0 Å². The van der Waals surface area contributed by atoms with Gasteiger partial charge < -0.3 is 15.1 Å². The minimum atomic E-state index is -0.0690. The van der Waals surface area contributed by atoms with E-state index >= 15 is 0 Å². The van der Waals surface area contributed by atoms with Crippen LogP contribution in [0.25, 0.3) is 0 Å². The summed E-state index contributed by atoms with van der Waals surface area (Å²) in [5.41, 5.74) is -0.0462. The van der Waals surface area contributed by atoms with Gasteiger partial charge in [-0.1, -0.05) is 13.8 Å². The summed E-state index contributed by atoms with van der Waals surface area (Å²) in [6, 6.07) is -0.0690. The number of rotatable bonds is 4. The summed E-state index contributed by atoms with van der Waals surface area (Å²) in [6.07, 6.45) is 1.01. The molecule has 0 radical (unpaired) electrons. The highest BCUT2D eigenvalue weighted by molar-refractivity contribution is 5.83. The summed E-state index contributed by atoms with van der Waals surface area (Å²) >= 11 is 0. The predicted molar refractivity (Wildman–Crippen MR) is 75.6 cm³/mol. The number of amides is 1. The molecule has 0 aliphatic carbocycles. The zero-order chi connectivity index (χ0) is 13.9. The minimum absolute atomic E-state index is 0.0462. The van der Waals surface area contributed by atoms with E-state index in [4.69, 9.17) is 0 Å². The van der Waals surface area contributed by atoms with E-state index in [0.717, 1.165) is 26.1 Å². The lowest BCUT2D eigenvalue weighted by molar-refractivity contribution is -0.138. The van der Waals surface area contributed by atoms with Gasteiger partial charge in [-0.2, -0.15) is 0 Å². The van der Waals surface area contributed by atoms with E-state index in [1.807, 2.05) is 14.1 Å². The Kier molecular flexibility index (Phi) is 5.17. The van der Waals surface area contributed by atoms with Crippen molar-refractivity contribution in [3.05, 3.63) is 0 Å². The predicted octanol–water partition coefficient (Wildman–Crippen LogP) is 1.17. The Bertz CT molecular complexity index is 287. The van der Waals surface area contributed by atoms with Gasteiger partial charge in [-0.05, 0) is 46.8 Å². The molecule has 1 atom stereocenters. The van der Waals surface area contributed by atoms with Gasteiger partial charge in [0.05, 0.1) is 6.04 Å². The van der Waals surface area contributed by atoms with E-state index in [9.17, 15) is 4.79 Å². The van der Waals surface area contributed by atoms with Crippen LogP contribution in [0.15, 0.2) is 0 Å². The normalized spacial score (nSPS) is 24.8. The smallest absolute Gasteiger partial charge is 0.241 e. The molecule has 0 spiro atoms. The van der Waals surface area contributed by atoms with Gasteiger partial charge >= 0.3 is 0 Å². The Hall–Kier alpha value is -0.610. The summed E-state index contributed by atoms with van der Waals surface area (Å²) in [7, 11) is 4.02. The summed E-state index contributed by atoms with van der Waals surface area (Å²) < 4.78 is 0. The van der Waals surface area contributed by atoms with Crippen LogP contribution in [0.5, 0.6) is 0 Å². The maximum atomic E-state index is 12.7. The average Bonchev–Trinajstić information content (AvgIpc) is 2.30. The van der Waals surface area contributed by atoms with E-state index in [2.05, 4.69) is 42.8 Å². The summed E-state index contributed by atoms with van der Waals surface area (Å²) in [4.78, 5) is 16.8. The maximum Gasteiger partial charge on any atom is 0.241 e. The molecule has 4 nitrogen and oxygen atoms in total. The average molecular weight is 255 g/mol. The van der Waals surface area contributed by atoms with Crippen LogP contribution in [0.4, 0.5) is 0 Å². The summed E-state index contributed by atoms with van der Waals surface area (Å²) in [5.74, 6) is 0.756. The van der Waals surface area contributed by atoms with Crippen molar-refractivity contribution in [3.8, 4) is 0 Å². The number of nitrogens with zero attached hydrogens (tertiary/aromatic N) is 2. The molecule has 1 N–H and O–H groups in total. The van der Waals surface area contributed by atoms with Crippen molar-refractivity contribution >= 4 is 5.91 Å². The SMILES string of the molecule is CC(C)CN1C(=O)C(CN(C)C)NCCC1(C)C. The van der Waals surface area contributed by atoms with Crippen molar-refractivity contribution in [1.82, 2.24) is 15.1 Å². The van der Waals surface area contributed by atoms with E-state index in [-0.39, 0.29) is 17.5 Å². The van der Waals surface area contributed by atoms with Crippen molar-refractivity contribution < 1.29 is 4.79 Å². The Morgan fingerprint density at radius 2 is 2.06 bits per heavy atom. The molecular weight excluding hydrogens is 226 g/mol. The van der Waals surface area contributed by atoms with Crippen LogP contribution in [0, 0.1) is 5.92 Å². The number of hydrogen-bond donors (Lipinski definition) is 1. The summed E-state index contributed by atoms with van der Waals surface area (Å²) in [5, 5.41) is 3.39. The Balaban J connectivity index is 2.87. The number of carbonyl (C=O) groups is 1. The first-order valence-electron chi connectivity index (χ1n) is 6.93. The third-order valence-electron chi connectivity index (χ3n) is 3.52. The van der Waals surface area contributed by atoms with Gasteiger partial charge in [-0.3, -0.25) is 4.79 Å². The van der Waals surface area contributed by atoms with Gasteiger partial charge in [0.25, 0.3) is 0 Å². The van der Waals surface area contributed by atoms with Crippen molar-refractivity contribution in [2.24, 2.45) is 5.92 Å². The highest BCUT2D eigenvalue weighted by Crippen LogP contribution is 2.23. The number of carbonyl (C=O) groups excluding carboxylic acids is 1. The molecule has 0 aromatic heterocycles. The molecule has 1 amide bonds. The Morgan fingerprint density at radius 1 is 1.44 bits per heavy atom. The number of likely N-dealkylation sites (N-methyl/N-ethyl adjacent to an activating group) is 1. The molecule has 1 heterocycles. The second-order valence-corrected chi connectivity index (χ2v) is 6.67. The lowest BCUT2D eigenvalue weighted by Crippen LogP contribution is -2.54. The Morgan fingerprint density at radius 3 is 2.56 bits per heavy atom. The highest BCUT2D eigenvalue weighted by Gasteiger charge is 2.37. The molecule has 1 aliphatic heterocycles. The zero-order valence-corrected chi connectivity index (χ0v) is 12.8. The molecule has 1 saturated heterocycles. The van der Waals surface area contributed by atoms with Crippen molar-refractivity contribution in [2.45, 2.75) is 45.7 Å². The molecule has 1 rings (SSSR count). The first-order chi connectivity index (χ1) is 8.24. The largest absolute Gasteiger partial charge is 0.336 e. The Labute approximate surface area is 112 Å². The van der Waals surface area contributed by atoms with E-state index in [0.29, 0.717) is 5.92 Å². The van der Waals surface area contributed by atoms with Gasteiger partial charge in [0.1, 0.15) is 0 Å². The number of nitrogens with one attached hydrogen (secondary N) is 1. The second kappa shape index (κ2) is 6.02. The fraction of sp³-hybridized carbons (Fsp3) is 0.929. The number of hydrogen-bond acceptors (Lipinski definition) is 3. The molecule has 1 unspecified atom stereocenters. The molecule has 106 valence electrons. The molecule has 0 saturated carbocycles. The highest BCUT2D eigenvalue weighted by atomic mass is 16.2. The zero-order valence-electron chi connectivity index (χ0n) is 12.8. The van der Waals surface area contributed by atoms with Gasteiger partial charge in [0, 0.05) is 18.6 Å². The van der Waals surface area contributed by atoms with Crippen LogP contribution in [0.3, 0.4) is 0 Å². The van der Waals surface area contributed by atoms with Crippen molar-refractivity contribution in [3.63, 3.8) is 0 Å². The molecule has 18 heavy (non-hydrogen) atoms. The monoisotopic (exact) mass is 255 g/mol. The van der Waals surface area contributed by atoms with Crippen LogP contribution in [-0.2, 0) is 4.79 Å². The third-order valence-corrected chi connectivity index (χ3v) is 3.52. The first kappa shape index (κ1) is 15.4. The topological polar surface area (TPSA) is 35.6 Å². The summed E-state index contributed by atoms with van der Waals surface area (Å²) in [6.45, 7) is 11.2. The second-order valence-electron chi connectivity index (χ2n) is 6.67. The van der Waals surface area contributed by atoms with Gasteiger partial charge in [0.2, 0.25) is 5.91 Å². The first-order valence-corrected chi connectivity index (χ1v) is 6.93. The van der Waals surface area contributed by atoms with Crippen LogP contribution in [0.1, 0.15) is 34.1 Å². The van der Waals surface area contributed by atoms with E-state index < -0.39 is 0 Å². The minimum Gasteiger partial charge on any atom is -0.336 e. The molecule has 0 aromatic carbocycles. The van der Waals surface area contributed by atoms with Crippen LogP contribution in [0.2, 0.25) is 0 Å². The quantitative estimate of drug-likeness (QED) is 0.819. The van der Waals surface area contributed by atoms with Crippen LogP contribution in [-0.4, -0.2) is 61.0 Å². The van der Waals surface area contributed by atoms with Gasteiger partial charge in [-0.25, -0.2) is 0 Å². The van der Waals surface area contributed by atoms with Crippen molar-refractivity contribution in [1.29, 1.82) is 0 Å². The lowest BCUT2D eigenvalue weighted by Gasteiger charge is -2.39. The maximum absolute atomic E-state index is 12.7. The van der Waals surface area contributed by atoms with Gasteiger partial charge in [-0.15, -0.1) is 0 Å². The molecule has 0 bridgehead atoms. The standard InChI is InChI=1S/C14H29N3O/c1-11(2)9-17-13(18)12(10-16(5)6)15-8-7-14(17,3)4/h11-12,15H,7-10H2,1-6H3. The van der Waals surface area contributed by atoms with Crippen LogP contribution >= 0.6 is 0 Å². The molecule has 0 aromatic rings. The van der Waals surface area contributed by atoms with Crippen LogP contribution < -0.4 is 5.32 Å². The van der Waals surface area contributed by atoms with Crippen molar-refractivity contribution in [2.75, 3.05) is 33.7 Å². The molecular formula is C14H29N3O. The van der Waals surface area contributed by atoms with E-state index in [1.165, 1.54) is 0 Å². The fourth-order valence-corrected chi connectivity index (χ4v) is 2.47. The third kappa shape index (κ3) is 3.95. The van der Waals surface area contributed by atoms with E-state index in [1.54, 1.807) is 0 Å². The fourth-order valence-electron chi connectivity index (χ4n) is 2.47. The lowest BCUT2D eigenvalue weighted by atomic mass is 9.97. The molecule has 1 aliphatic rings. The molecule has 1 fully saturated rings.